The Labute approximate surface area is 86.7 Å². The standard InChI is InChI=1S/C8H9Cl2N3/c1-13-4-2-3-5-6(9)7(10)11-12-8(5)13/h2-4H2,1H3. The van der Waals surface area contributed by atoms with Gasteiger partial charge in [-0.05, 0) is 12.8 Å². The highest BCUT2D eigenvalue weighted by molar-refractivity contribution is 6.41. The van der Waals surface area contributed by atoms with Crippen LogP contribution >= 0.6 is 23.2 Å². The molecule has 1 aromatic heterocycles. The Hall–Kier alpha value is -0.540. The van der Waals surface area contributed by atoms with E-state index in [9.17, 15) is 0 Å². The molecule has 0 spiro atoms. The predicted molar refractivity (Wildman–Crippen MR) is 53.6 cm³/mol. The van der Waals surface area contributed by atoms with Crippen LogP contribution in [0.1, 0.15) is 12.0 Å². The van der Waals surface area contributed by atoms with Crippen LogP contribution in [0, 0.1) is 0 Å². The largest absolute Gasteiger partial charge is 0.358 e. The normalized spacial score (nSPS) is 15.8. The van der Waals surface area contributed by atoms with Gasteiger partial charge < -0.3 is 4.90 Å². The van der Waals surface area contributed by atoms with Gasteiger partial charge in [-0.25, -0.2) is 0 Å². The van der Waals surface area contributed by atoms with Crippen molar-refractivity contribution in [3.05, 3.63) is 15.7 Å². The summed E-state index contributed by atoms with van der Waals surface area (Å²) in [6, 6.07) is 0. The van der Waals surface area contributed by atoms with Crippen molar-refractivity contribution in [1.82, 2.24) is 10.2 Å². The van der Waals surface area contributed by atoms with E-state index in [1.165, 1.54) is 0 Å². The highest BCUT2D eigenvalue weighted by atomic mass is 35.5. The summed E-state index contributed by atoms with van der Waals surface area (Å²) in [7, 11) is 1.98. The number of halogens is 2. The summed E-state index contributed by atoms with van der Waals surface area (Å²) in [6.07, 6.45) is 2.03. The van der Waals surface area contributed by atoms with Crippen LogP contribution in [0.5, 0.6) is 0 Å². The van der Waals surface area contributed by atoms with Crippen LogP contribution in [0.25, 0.3) is 0 Å². The minimum absolute atomic E-state index is 0.302. The van der Waals surface area contributed by atoms with Crippen LogP contribution < -0.4 is 4.90 Å². The fourth-order valence-corrected chi connectivity index (χ4v) is 1.91. The van der Waals surface area contributed by atoms with E-state index in [0.717, 1.165) is 30.8 Å². The summed E-state index contributed by atoms with van der Waals surface area (Å²) in [5.41, 5.74) is 1.02. The lowest BCUT2D eigenvalue weighted by molar-refractivity contribution is 0.718. The first-order valence-corrected chi connectivity index (χ1v) is 4.87. The van der Waals surface area contributed by atoms with Gasteiger partial charge in [0.05, 0.1) is 5.02 Å². The van der Waals surface area contributed by atoms with Crippen molar-refractivity contribution < 1.29 is 0 Å². The zero-order valence-corrected chi connectivity index (χ0v) is 8.73. The number of fused-ring (bicyclic) bond motifs is 1. The molecule has 2 heterocycles. The molecular weight excluding hydrogens is 209 g/mol. The highest BCUT2D eigenvalue weighted by Gasteiger charge is 2.20. The number of hydrogen-bond acceptors (Lipinski definition) is 3. The smallest absolute Gasteiger partial charge is 0.170 e. The van der Waals surface area contributed by atoms with E-state index in [4.69, 9.17) is 23.2 Å². The number of anilines is 1. The van der Waals surface area contributed by atoms with Crippen molar-refractivity contribution in [3.63, 3.8) is 0 Å². The molecular formula is C8H9Cl2N3. The molecule has 0 aliphatic carbocycles. The average Bonchev–Trinajstić information content (AvgIpc) is 2.12. The summed E-state index contributed by atoms with van der Waals surface area (Å²) in [6.45, 7) is 1.000. The van der Waals surface area contributed by atoms with Gasteiger partial charge in [-0.15, -0.1) is 10.2 Å². The molecule has 0 N–H and O–H groups in total. The first-order chi connectivity index (χ1) is 6.20. The van der Waals surface area contributed by atoms with E-state index in [1.54, 1.807) is 0 Å². The second-order valence-corrected chi connectivity index (χ2v) is 3.87. The Balaban J connectivity index is 2.56. The molecule has 1 aliphatic heterocycles. The lowest BCUT2D eigenvalue weighted by atomic mass is 10.1. The van der Waals surface area contributed by atoms with Crippen LogP contribution in [0.15, 0.2) is 0 Å². The molecule has 13 heavy (non-hydrogen) atoms. The second-order valence-electron chi connectivity index (χ2n) is 3.13. The van der Waals surface area contributed by atoms with Gasteiger partial charge in [-0.3, -0.25) is 0 Å². The molecule has 0 unspecified atom stereocenters. The minimum atomic E-state index is 0.302. The molecule has 0 aromatic carbocycles. The van der Waals surface area contributed by atoms with Crippen LogP contribution in [0.4, 0.5) is 5.82 Å². The van der Waals surface area contributed by atoms with Crippen molar-refractivity contribution in [2.75, 3.05) is 18.5 Å². The zero-order valence-electron chi connectivity index (χ0n) is 7.22. The number of rotatable bonds is 0. The molecule has 0 fully saturated rings. The Bertz CT molecular complexity index is 340. The van der Waals surface area contributed by atoms with E-state index in [0.29, 0.717) is 10.2 Å². The Kier molecular flexibility index (Phi) is 2.30. The Morgan fingerprint density at radius 2 is 2.08 bits per heavy atom. The summed E-state index contributed by atoms with van der Waals surface area (Å²) < 4.78 is 0. The van der Waals surface area contributed by atoms with Crippen molar-refractivity contribution in [2.45, 2.75) is 12.8 Å². The molecule has 1 aromatic rings. The number of aromatic nitrogens is 2. The van der Waals surface area contributed by atoms with Gasteiger partial charge in [0.1, 0.15) is 0 Å². The predicted octanol–water partition coefficient (Wildman–Crippen LogP) is 2.17. The fourth-order valence-electron chi connectivity index (χ4n) is 1.55. The van der Waals surface area contributed by atoms with E-state index < -0.39 is 0 Å². The molecule has 70 valence electrons. The minimum Gasteiger partial charge on any atom is -0.358 e. The van der Waals surface area contributed by atoms with Crippen LogP contribution in [0.3, 0.4) is 0 Å². The topological polar surface area (TPSA) is 29.0 Å². The highest BCUT2D eigenvalue weighted by Crippen LogP contribution is 2.32. The van der Waals surface area contributed by atoms with E-state index in [1.807, 2.05) is 11.9 Å². The summed E-state index contributed by atoms with van der Waals surface area (Å²) in [5, 5.41) is 8.66. The van der Waals surface area contributed by atoms with Gasteiger partial charge in [-0.1, -0.05) is 23.2 Å². The van der Waals surface area contributed by atoms with Gasteiger partial charge in [0.25, 0.3) is 0 Å². The summed E-state index contributed by atoms with van der Waals surface area (Å²) >= 11 is 11.8. The molecule has 0 saturated carbocycles. The Morgan fingerprint density at radius 1 is 1.31 bits per heavy atom. The van der Waals surface area contributed by atoms with Crippen LogP contribution in [-0.2, 0) is 6.42 Å². The van der Waals surface area contributed by atoms with Crippen molar-refractivity contribution in [3.8, 4) is 0 Å². The molecule has 0 atom stereocenters. The molecule has 0 bridgehead atoms. The second kappa shape index (κ2) is 3.31. The van der Waals surface area contributed by atoms with Gasteiger partial charge in [-0.2, -0.15) is 0 Å². The summed E-state index contributed by atoms with van der Waals surface area (Å²) in [4.78, 5) is 2.05. The fraction of sp³-hybridized carbons (Fsp3) is 0.500. The lowest BCUT2D eigenvalue weighted by Crippen LogP contribution is -2.26. The monoisotopic (exact) mass is 217 g/mol. The third kappa shape index (κ3) is 1.46. The molecule has 2 rings (SSSR count). The molecule has 0 amide bonds. The molecule has 3 nitrogen and oxygen atoms in total. The quantitative estimate of drug-likeness (QED) is 0.668. The van der Waals surface area contributed by atoms with Gasteiger partial charge >= 0.3 is 0 Å². The zero-order chi connectivity index (χ0) is 9.42. The van der Waals surface area contributed by atoms with Crippen LogP contribution in [-0.4, -0.2) is 23.8 Å². The lowest BCUT2D eigenvalue weighted by Gasteiger charge is -2.25. The molecule has 0 radical (unpaired) electrons. The first kappa shape index (κ1) is 9.03. The van der Waals surface area contributed by atoms with Crippen LogP contribution in [0.2, 0.25) is 10.2 Å². The van der Waals surface area contributed by atoms with Crippen molar-refractivity contribution in [2.24, 2.45) is 0 Å². The average molecular weight is 218 g/mol. The summed E-state index contributed by atoms with van der Waals surface area (Å²) in [5.74, 6) is 0.862. The molecule has 5 heteroatoms. The maximum atomic E-state index is 6.02. The SMILES string of the molecule is CN1CCCc2c1nnc(Cl)c2Cl. The Morgan fingerprint density at radius 3 is 2.85 bits per heavy atom. The van der Waals surface area contributed by atoms with Gasteiger partial charge in [0.2, 0.25) is 0 Å². The molecule has 1 aliphatic rings. The van der Waals surface area contributed by atoms with E-state index in [-0.39, 0.29) is 0 Å². The van der Waals surface area contributed by atoms with E-state index >= 15 is 0 Å². The number of hydrogen-bond donors (Lipinski definition) is 0. The van der Waals surface area contributed by atoms with Crippen molar-refractivity contribution >= 4 is 29.0 Å². The van der Waals surface area contributed by atoms with E-state index in [2.05, 4.69) is 10.2 Å². The van der Waals surface area contributed by atoms with Crippen molar-refractivity contribution in [1.29, 1.82) is 0 Å². The maximum absolute atomic E-state index is 6.02. The third-order valence-electron chi connectivity index (χ3n) is 2.23. The maximum Gasteiger partial charge on any atom is 0.170 e. The van der Waals surface area contributed by atoms with Gasteiger partial charge in [0.15, 0.2) is 11.0 Å². The third-order valence-corrected chi connectivity index (χ3v) is 3.00. The first-order valence-electron chi connectivity index (χ1n) is 4.12. The molecule has 0 saturated heterocycles. The number of nitrogens with zero attached hydrogens (tertiary/aromatic N) is 3. The van der Waals surface area contributed by atoms with Gasteiger partial charge in [0, 0.05) is 19.2 Å².